The molecule has 12 heavy (non-hydrogen) atoms. The number of hydrogen-bond acceptors (Lipinski definition) is 1. The Labute approximate surface area is 75.3 Å². The molecule has 2 heteroatoms. The lowest BCUT2D eigenvalue weighted by Crippen LogP contribution is -2.21. The molecule has 2 N–H and O–H groups in total. The van der Waals surface area contributed by atoms with Gasteiger partial charge in [0.05, 0.1) is 5.84 Å². The fourth-order valence-corrected chi connectivity index (χ4v) is 2.03. The van der Waals surface area contributed by atoms with Gasteiger partial charge in [0.1, 0.15) is 0 Å². The standard InChI is InChI=1S/C10H20N2/c1-3-8-5-6-9(7-8)10(11)12-4-2/h8-9H,3-7H2,1-2H3,(H2,11,12). The molecule has 2 nitrogen and oxygen atoms in total. The summed E-state index contributed by atoms with van der Waals surface area (Å²) in [5.74, 6) is 2.39. The zero-order valence-corrected chi connectivity index (χ0v) is 8.21. The highest BCUT2D eigenvalue weighted by Crippen LogP contribution is 2.32. The molecule has 1 saturated carbocycles. The van der Waals surface area contributed by atoms with Crippen LogP contribution >= 0.6 is 0 Å². The lowest BCUT2D eigenvalue weighted by atomic mass is 10.0. The Balaban J connectivity index is 2.41. The van der Waals surface area contributed by atoms with Crippen LogP contribution in [-0.2, 0) is 0 Å². The molecule has 1 aliphatic rings. The van der Waals surface area contributed by atoms with Gasteiger partial charge in [0, 0.05) is 12.5 Å². The molecule has 1 rings (SSSR count). The summed E-state index contributed by atoms with van der Waals surface area (Å²) >= 11 is 0. The number of amidine groups is 1. The first-order chi connectivity index (χ1) is 5.77. The highest BCUT2D eigenvalue weighted by Gasteiger charge is 2.25. The molecule has 0 saturated heterocycles. The lowest BCUT2D eigenvalue weighted by molar-refractivity contribution is 0.520. The van der Waals surface area contributed by atoms with Crippen LogP contribution in [-0.4, -0.2) is 12.4 Å². The Bertz CT molecular complexity index is 163. The predicted molar refractivity (Wildman–Crippen MR) is 53.3 cm³/mol. The predicted octanol–water partition coefficient (Wildman–Crippen LogP) is 2.19. The van der Waals surface area contributed by atoms with Crippen LogP contribution in [0.5, 0.6) is 0 Å². The first-order valence-electron chi connectivity index (χ1n) is 5.07. The van der Waals surface area contributed by atoms with Crippen molar-refractivity contribution in [3.8, 4) is 0 Å². The van der Waals surface area contributed by atoms with E-state index in [2.05, 4.69) is 11.9 Å². The average Bonchev–Trinajstić information content (AvgIpc) is 2.52. The van der Waals surface area contributed by atoms with Crippen LogP contribution in [0.2, 0.25) is 0 Å². The summed E-state index contributed by atoms with van der Waals surface area (Å²) in [6, 6.07) is 0. The van der Waals surface area contributed by atoms with Gasteiger partial charge in [-0.3, -0.25) is 4.99 Å². The van der Waals surface area contributed by atoms with Crippen molar-refractivity contribution < 1.29 is 0 Å². The maximum absolute atomic E-state index is 5.86. The van der Waals surface area contributed by atoms with Crippen LogP contribution in [0.1, 0.15) is 39.5 Å². The van der Waals surface area contributed by atoms with Crippen LogP contribution in [0.15, 0.2) is 4.99 Å². The van der Waals surface area contributed by atoms with Gasteiger partial charge in [0.2, 0.25) is 0 Å². The van der Waals surface area contributed by atoms with Gasteiger partial charge in [0.15, 0.2) is 0 Å². The van der Waals surface area contributed by atoms with E-state index in [0.717, 1.165) is 18.3 Å². The van der Waals surface area contributed by atoms with E-state index in [1.54, 1.807) is 0 Å². The van der Waals surface area contributed by atoms with Crippen molar-refractivity contribution >= 4 is 5.84 Å². The highest BCUT2D eigenvalue weighted by molar-refractivity contribution is 5.83. The second-order valence-corrected chi connectivity index (χ2v) is 3.68. The third-order valence-corrected chi connectivity index (χ3v) is 2.88. The third kappa shape index (κ3) is 2.23. The molecule has 0 aromatic rings. The Morgan fingerprint density at radius 1 is 1.42 bits per heavy atom. The van der Waals surface area contributed by atoms with Crippen molar-refractivity contribution in [3.05, 3.63) is 0 Å². The first-order valence-corrected chi connectivity index (χ1v) is 5.07. The number of aliphatic imine (C=N–C) groups is 1. The largest absolute Gasteiger partial charge is 0.387 e. The second-order valence-electron chi connectivity index (χ2n) is 3.68. The molecule has 0 aliphatic heterocycles. The molecular weight excluding hydrogens is 148 g/mol. The van der Waals surface area contributed by atoms with Crippen molar-refractivity contribution in [2.45, 2.75) is 39.5 Å². The molecule has 70 valence electrons. The number of rotatable bonds is 3. The Kier molecular flexibility index (Phi) is 3.57. The maximum Gasteiger partial charge on any atom is 0.0968 e. The van der Waals surface area contributed by atoms with Gasteiger partial charge in [-0.1, -0.05) is 13.3 Å². The summed E-state index contributed by atoms with van der Waals surface area (Å²) in [7, 11) is 0. The number of nitrogens with two attached hydrogens (primary N) is 1. The van der Waals surface area contributed by atoms with Gasteiger partial charge in [-0.15, -0.1) is 0 Å². The van der Waals surface area contributed by atoms with E-state index in [0.29, 0.717) is 5.92 Å². The van der Waals surface area contributed by atoms with Crippen molar-refractivity contribution in [2.75, 3.05) is 6.54 Å². The fraction of sp³-hybridized carbons (Fsp3) is 0.900. The van der Waals surface area contributed by atoms with E-state index >= 15 is 0 Å². The van der Waals surface area contributed by atoms with Gasteiger partial charge >= 0.3 is 0 Å². The van der Waals surface area contributed by atoms with E-state index in [1.165, 1.54) is 25.7 Å². The quantitative estimate of drug-likeness (QED) is 0.509. The summed E-state index contributed by atoms with van der Waals surface area (Å²) in [6.07, 6.45) is 5.18. The molecule has 1 fully saturated rings. The monoisotopic (exact) mass is 168 g/mol. The van der Waals surface area contributed by atoms with Crippen LogP contribution in [0.3, 0.4) is 0 Å². The molecule has 0 aromatic carbocycles. The molecule has 0 aromatic heterocycles. The highest BCUT2D eigenvalue weighted by atomic mass is 14.9. The first kappa shape index (κ1) is 9.56. The minimum atomic E-state index is 0.592. The van der Waals surface area contributed by atoms with E-state index in [9.17, 15) is 0 Å². The Hall–Kier alpha value is -0.530. The zero-order valence-electron chi connectivity index (χ0n) is 8.21. The summed E-state index contributed by atoms with van der Waals surface area (Å²) < 4.78 is 0. The summed E-state index contributed by atoms with van der Waals surface area (Å²) in [5, 5.41) is 0. The normalized spacial score (nSPS) is 31.0. The molecule has 0 radical (unpaired) electrons. The van der Waals surface area contributed by atoms with E-state index in [1.807, 2.05) is 6.92 Å². The molecule has 0 spiro atoms. The molecule has 0 heterocycles. The topological polar surface area (TPSA) is 38.4 Å². The zero-order chi connectivity index (χ0) is 8.97. The second kappa shape index (κ2) is 4.48. The molecule has 2 atom stereocenters. The van der Waals surface area contributed by atoms with E-state index in [-0.39, 0.29) is 0 Å². The summed E-state index contributed by atoms with van der Waals surface area (Å²) in [4.78, 5) is 4.27. The molecule has 2 unspecified atom stereocenters. The summed E-state index contributed by atoms with van der Waals surface area (Å²) in [5.41, 5.74) is 5.86. The van der Waals surface area contributed by atoms with Crippen molar-refractivity contribution in [1.29, 1.82) is 0 Å². The van der Waals surface area contributed by atoms with Crippen LogP contribution in [0.25, 0.3) is 0 Å². The van der Waals surface area contributed by atoms with Gasteiger partial charge < -0.3 is 5.73 Å². The summed E-state index contributed by atoms with van der Waals surface area (Å²) in [6.45, 7) is 5.14. The van der Waals surface area contributed by atoms with E-state index < -0.39 is 0 Å². The average molecular weight is 168 g/mol. The van der Waals surface area contributed by atoms with Crippen LogP contribution in [0.4, 0.5) is 0 Å². The molecule has 0 bridgehead atoms. The molecular formula is C10H20N2. The molecule has 1 aliphatic carbocycles. The van der Waals surface area contributed by atoms with E-state index in [4.69, 9.17) is 5.73 Å². The molecule has 0 amide bonds. The Morgan fingerprint density at radius 2 is 2.17 bits per heavy atom. The minimum Gasteiger partial charge on any atom is -0.387 e. The SMILES string of the molecule is CCN=C(N)C1CCC(CC)C1. The van der Waals surface area contributed by atoms with Crippen molar-refractivity contribution in [1.82, 2.24) is 0 Å². The fourth-order valence-electron chi connectivity index (χ4n) is 2.03. The van der Waals surface area contributed by atoms with Crippen molar-refractivity contribution in [3.63, 3.8) is 0 Å². The van der Waals surface area contributed by atoms with Gasteiger partial charge in [-0.2, -0.15) is 0 Å². The third-order valence-electron chi connectivity index (χ3n) is 2.88. The minimum absolute atomic E-state index is 0.592. The maximum atomic E-state index is 5.86. The van der Waals surface area contributed by atoms with Crippen molar-refractivity contribution in [2.24, 2.45) is 22.6 Å². The Morgan fingerprint density at radius 3 is 2.67 bits per heavy atom. The smallest absolute Gasteiger partial charge is 0.0968 e. The van der Waals surface area contributed by atoms with Crippen LogP contribution in [0, 0.1) is 11.8 Å². The van der Waals surface area contributed by atoms with Gasteiger partial charge in [-0.25, -0.2) is 0 Å². The van der Waals surface area contributed by atoms with Gasteiger partial charge in [-0.05, 0) is 32.1 Å². The lowest BCUT2D eigenvalue weighted by Gasteiger charge is -2.08. The number of hydrogen-bond donors (Lipinski definition) is 1. The van der Waals surface area contributed by atoms with Crippen LogP contribution < -0.4 is 5.73 Å². The van der Waals surface area contributed by atoms with Gasteiger partial charge in [0.25, 0.3) is 0 Å². The number of nitrogens with zero attached hydrogens (tertiary/aromatic N) is 1.